The molecule has 204 valence electrons. The SMILES string of the molecule is C[C@@H](O)[C@H]1C(=O)N2C(C(=O)O)=C(S[C@H]3C[C@@H](C(=O)Nc4cccc(C=O)c4)N(Cc4cncnc4)C3)[C@H](C)[C@H]12. The lowest BCUT2D eigenvalue weighted by atomic mass is 9.79. The number of amides is 2. The van der Waals surface area contributed by atoms with Gasteiger partial charge in [-0.15, -0.1) is 11.8 Å². The second-order valence-corrected chi connectivity index (χ2v) is 11.5. The summed E-state index contributed by atoms with van der Waals surface area (Å²) in [6.07, 6.45) is 5.09. The molecule has 0 radical (unpaired) electrons. The average Bonchev–Trinajstić information content (AvgIpc) is 3.41. The Kier molecular flexibility index (Phi) is 7.52. The summed E-state index contributed by atoms with van der Waals surface area (Å²) in [5.74, 6) is -2.68. The van der Waals surface area contributed by atoms with E-state index in [0.717, 1.165) is 5.56 Å². The number of carboxylic acid groups (broad SMARTS) is 1. The Labute approximate surface area is 229 Å². The van der Waals surface area contributed by atoms with E-state index in [1.54, 1.807) is 43.6 Å². The highest BCUT2D eigenvalue weighted by molar-refractivity contribution is 8.03. The number of aliphatic hydroxyl groups is 1. The number of β-lactam (4-membered cyclic amide) rings is 1. The third-order valence-electron chi connectivity index (χ3n) is 7.56. The van der Waals surface area contributed by atoms with E-state index in [1.807, 2.05) is 11.8 Å². The van der Waals surface area contributed by atoms with Crippen LogP contribution < -0.4 is 5.32 Å². The van der Waals surface area contributed by atoms with Crippen molar-refractivity contribution in [3.05, 3.63) is 64.7 Å². The van der Waals surface area contributed by atoms with Crippen molar-refractivity contribution in [3.8, 4) is 0 Å². The second kappa shape index (κ2) is 10.9. The number of carbonyl (C=O) groups excluding carboxylic acids is 3. The van der Waals surface area contributed by atoms with Gasteiger partial charge < -0.3 is 20.4 Å². The number of nitrogens with zero attached hydrogens (tertiary/aromatic N) is 4. The normalized spacial score (nSPS) is 27.2. The number of rotatable bonds is 9. The van der Waals surface area contributed by atoms with Gasteiger partial charge in [-0.1, -0.05) is 19.1 Å². The molecule has 0 spiro atoms. The van der Waals surface area contributed by atoms with Gasteiger partial charge in [-0.3, -0.25) is 19.3 Å². The van der Waals surface area contributed by atoms with Crippen molar-refractivity contribution in [2.24, 2.45) is 11.8 Å². The van der Waals surface area contributed by atoms with Gasteiger partial charge >= 0.3 is 5.97 Å². The maximum Gasteiger partial charge on any atom is 0.353 e. The maximum atomic E-state index is 13.4. The molecule has 6 atom stereocenters. The standard InChI is InChI=1S/C27H29N5O6S/c1-14-22-21(15(2)34)26(36)32(22)23(27(37)38)24(14)39-19-7-20(31(11-19)10-17-8-28-13-29-9-17)25(35)30-18-5-3-4-16(6-18)12-33/h3-6,8-9,12-15,19-22,34H,7,10-11H2,1-2H3,(H,30,35)(H,37,38)/t14-,15-,19+,20+,21-,22-/m1/s1. The van der Waals surface area contributed by atoms with Crippen LogP contribution in [0.15, 0.2) is 53.6 Å². The Bertz CT molecular complexity index is 1330. The zero-order valence-corrected chi connectivity index (χ0v) is 22.2. The number of carboxylic acids is 1. The van der Waals surface area contributed by atoms with E-state index in [1.165, 1.54) is 23.0 Å². The lowest BCUT2D eigenvalue weighted by molar-refractivity contribution is -0.163. The summed E-state index contributed by atoms with van der Waals surface area (Å²) in [6.45, 7) is 4.35. The van der Waals surface area contributed by atoms with Crippen LogP contribution in [0.25, 0.3) is 0 Å². The van der Waals surface area contributed by atoms with Crippen LogP contribution in [0.1, 0.15) is 36.2 Å². The molecule has 0 unspecified atom stereocenters. The molecular formula is C27H29N5O6S. The molecule has 2 amide bonds. The van der Waals surface area contributed by atoms with Gasteiger partial charge in [-0.05, 0) is 25.5 Å². The molecule has 0 bridgehead atoms. The number of anilines is 1. The van der Waals surface area contributed by atoms with Crippen molar-refractivity contribution in [1.82, 2.24) is 19.8 Å². The number of benzene rings is 1. The molecule has 3 N–H and O–H groups in total. The number of aldehydes is 1. The molecule has 12 heteroatoms. The summed E-state index contributed by atoms with van der Waals surface area (Å²) in [5.41, 5.74) is 1.76. The van der Waals surface area contributed by atoms with Crippen molar-refractivity contribution < 1.29 is 29.4 Å². The molecule has 2 saturated heterocycles. The van der Waals surface area contributed by atoms with Gasteiger partial charge in [0.05, 0.1) is 24.1 Å². The number of thioether (sulfide) groups is 1. The number of aliphatic hydroxyl groups excluding tert-OH is 1. The molecule has 2 aromatic rings. The molecule has 3 aliphatic heterocycles. The zero-order chi connectivity index (χ0) is 27.8. The first-order valence-electron chi connectivity index (χ1n) is 12.7. The Balaban J connectivity index is 1.38. The molecule has 2 fully saturated rings. The minimum absolute atomic E-state index is 0.0269. The van der Waals surface area contributed by atoms with Gasteiger partial charge in [-0.2, -0.15) is 0 Å². The number of carbonyl (C=O) groups is 4. The number of aliphatic carboxylic acids is 1. The smallest absolute Gasteiger partial charge is 0.353 e. The second-order valence-electron chi connectivity index (χ2n) is 10.2. The summed E-state index contributed by atoms with van der Waals surface area (Å²) in [6, 6.07) is 5.74. The first kappa shape index (κ1) is 27.0. The molecular weight excluding hydrogens is 522 g/mol. The van der Waals surface area contributed by atoms with Gasteiger partial charge in [0, 0.05) is 58.4 Å². The zero-order valence-electron chi connectivity index (χ0n) is 21.4. The first-order valence-corrected chi connectivity index (χ1v) is 13.6. The number of hydrogen-bond donors (Lipinski definition) is 3. The molecule has 11 nitrogen and oxygen atoms in total. The largest absolute Gasteiger partial charge is 0.477 e. The van der Waals surface area contributed by atoms with E-state index < -0.39 is 30.1 Å². The van der Waals surface area contributed by atoms with Gasteiger partial charge in [0.15, 0.2) is 0 Å². The highest BCUT2D eigenvalue weighted by Crippen LogP contribution is 2.52. The summed E-state index contributed by atoms with van der Waals surface area (Å²) in [4.78, 5) is 61.6. The molecule has 1 aromatic heterocycles. The summed E-state index contributed by atoms with van der Waals surface area (Å²) in [5, 5.41) is 22.9. The Morgan fingerprint density at radius 2 is 2.03 bits per heavy atom. The summed E-state index contributed by atoms with van der Waals surface area (Å²) >= 11 is 1.39. The van der Waals surface area contributed by atoms with Crippen LogP contribution in [-0.2, 0) is 20.9 Å². The quantitative estimate of drug-likeness (QED) is 0.310. The lowest BCUT2D eigenvalue weighted by Gasteiger charge is -2.46. The topological polar surface area (TPSA) is 153 Å². The predicted octanol–water partition coefficient (Wildman–Crippen LogP) is 1.76. The van der Waals surface area contributed by atoms with Crippen LogP contribution >= 0.6 is 11.8 Å². The third kappa shape index (κ3) is 5.07. The molecule has 4 heterocycles. The number of fused-ring (bicyclic) bond motifs is 1. The van der Waals surface area contributed by atoms with E-state index in [0.29, 0.717) is 42.0 Å². The van der Waals surface area contributed by atoms with E-state index in [9.17, 15) is 29.4 Å². The molecule has 1 aromatic carbocycles. The fourth-order valence-electron chi connectivity index (χ4n) is 5.81. The Morgan fingerprint density at radius 1 is 1.28 bits per heavy atom. The lowest BCUT2D eigenvalue weighted by Crippen LogP contribution is -2.63. The van der Waals surface area contributed by atoms with Gasteiger partial charge in [0.1, 0.15) is 18.3 Å². The van der Waals surface area contributed by atoms with Crippen LogP contribution in [0.5, 0.6) is 0 Å². The number of likely N-dealkylation sites (tertiary alicyclic amines) is 1. The summed E-state index contributed by atoms with van der Waals surface area (Å²) in [7, 11) is 0. The third-order valence-corrected chi connectivity index (χ3v) is 9.06. The molecule has 3 aliphatic rings. The number of aromatic nitrogens is 2. The van der Waals surface area contributed by atoms with Crippen LogP contribution in [-0.4, -0.2) is 84.0 Å². The fourth-order valence-corrected chi connectivity index (χ4v) is 7.37. The average molecular weight is 552 g/mol. The Hall–Kier alpha value is -3.61. The first-order chi connectivity index (χ1) is 18.7. The van der Waals surface area contributed by atoms with Crippen molar-refractivity contribution in [2.45, 2.75) is 50.3 Å². The predicted molar refractivity (Wildman–Crippen MR) is 142 cm³/mol. The fraction of sp³-hybridized carbons (Fsp3) is 0.407. The van der Waals surface area contributed by atoms with Crippen LogP contribution in [0.2, 0.25) is 0 Å². The van der Waals surface area contributed by atoms with Gasteiger partial charge in [0.2, 0.25) is 11.8 Å². The van der Waals surface area contributed by atoms with Crippen molar-refractivity contribution >= 4 is 41.5 Å². The van der Waals surface area contributed by atoms with Crippen LogP contribution in [0.3, 0.4) is 0 Å². The van der Waals surface area contributed by atoms with E-state index in [4.69, 9.17) is 0 Å². The number of nitrogens with one attached hydrogen (secondary N) is 1. The molecule has 0 aliphatic carbocycles. The summed E-state index contributed by atoms with van der Waals surface area (Å²) < 4.78 is 0. The van der Waals surface area contributed by atoms with Crippen LogP contribution in [0.4, 0.5) is 5.69 Å². The highest BCUT2D eigenvalue weighted by Gasteiger charge is 2.60. The molecule has 39 heavy (non-hydrogen) atoms. The van der Waals surface area contributed by atoms with E-state index >= 15 is 0 Å². The van der Waals surface area contributed by atoms with E-state index in [-0.39, 0.29) is 28.7 Å². The minimum atomic E-state index is -1.18. The van der Waals surface area contributed by atoms with E-state index in [2.05, 4.69) is 15.3 Å². The van der Waals surface area contributed by atoms with Crippen molar-refractivity contribution in [1.29, 1.82) is 0 Å². The van der Waals surface area contributed by atoms with Crippen molar-refractivity contribution in [2.75, 3.05) is 11.9 Å². The maximum absolute atomic E-state index is 13.4. The number of hydrogen-bond acceptors (Lipinski definition) is 9. The van der Waals surface area contributed by atoms with Gasteiger partial charge in [-0.25, -0.2) is 14.8 Å². The highest BCUT2D eigenvalue weighted by atomic mass is 32.2. The van der Waals surface area contributed by atoms with Crippen molar-refractivity contribution in [3.63, 3.8) is 0 Å². The van der Waals surface area contributed by atoms with Crippen LogP contribution in [0, 0.1) is 11.8 Å². The van der Waals surface area contributed by atoms with Gasteiger partial charge in [0.25, 0.3) is 0 Å². The Morgan fingerprint density at radius 3 is 2.69 bits per heavy atom. The minimum Gasteiger partial charge on any atom is -0.477 e. The monoisotopic (exact) mass is 551 g/mol. The molecule has 5 rings (SSSR count). The molecule has 0 saturated carbocycles.